The smallest absolute Gasteiger partial charge is 0.246 e. The number of carbonyl (C=O) groups excluding carboxylic acids is 1. The van der Waals surface area contributed by atoms with Crippen LogP contribution in [0.25, 0.3) is 17.2 Å². The molecular weight excluding hydrogens is 356 g/mol. The number of aryl methyl sites for hydroxylation is 1. The number of anilines is 1. The first-order chi connectivity index (χ1) is 13.6. The van der Waals surface area contributed by atoms with Gasteiger partial charge in [-0.25, -0.2) is 4.98 Å². The Bertz CT molecular complexity index is 1100. The highest BCUT2D eigenvalue weighted by molar-refractivity contribution is 5.92. The summed E-state index contributed by atoms with van der Waals surface area (Å²) in [7, 11) is 0. The van der Waals surface area contributed by atoms with Gasteiger partial charge >= 0.3 is 0 Å². The van der Waals surface area contributed by atoms with Gasteiger partial charge in [0.15, 0.2) is 0 Å². The molecule has 7 heteroatoms. The van der Waals surface area contributed by atoms with Gasteiger partial charge < -0.3 is 14.5 Å². The van der Waals surface area contributed by atoms with Gasteiger partial charge in [0, 0.05) is 11.3 Å². The topological polar surface area (TPSA) is 81.7 Å². The molecule has 0 spiro atoms. The summed E-state index contributed by atoms with van der Waals surface area (Å²) in [6.07, 6.45) is 1.94. The molecule has 0 aliphatic heterocycles. The van der Waals surface area contributed by atoms with E-state index < -0.39 is 0 Å². The summed E-state index contributed by atoms with van der Waals surface area (Å²) in [6.45, 7) is 4.42. The van der Waals surface area contributed by atoms with Crippen molar-refractivity contribution in [3.8, 4) is 17.2 Å². The molecule has 0 fully saturated rings. The number of amides is 1. The van der Waals surface area contributed by atoms with Crippen molar-refractivity contribution in [2.45, 2.75) is 20.3 Å². The van der Waals surface area contributed by atoms with E-state index >= 15 is 0 Å². The van der Waals surface area contributed by atoms with Crippen LogP contribution in [0, 0.1) is 6.92 Å². The molecule has 2 aromatic carbocycles. The van der Waals surface area contributed by atoms with Crippen molar-refractivity contribution < 1.29 is 13.9 Å². The second-order valence-corrected chi connectivity index (χ2v) is 6.34. The van der Waals surface area contributed by atoms with Gasteiger partial charge in [0.05, 0.1) is 19.2 Å². The summed E-state index contributed by atoms with van der Waals surface area (Å²) in [4.78, 5) is 16.4. The van der Waals surface area contributed by atoms with Crippen molar-refractivity contribution in [1.29, 1.82) is 0 Å². The van der Waals surface area contributed by atoms with Gasteiger partial charge in [-0.15, -0.1) is 5.10 Å². The van der Waals surface area contributed by atoms with Gasteiger partial charge in [-0.3, -0.25) is 4.79 Å². The first kappa shape index (κ1) is 17.8. The molecule has 0 bridgehead atoms. The van der Waals surface area contributed by atoms with Gasteiger partial charge in [-0.1, -0.05) is 12.1 Å². The van der Waals surface area contributed by atoms with Gasteiger partial charge in [0.1, 0.15) is 11.6 Å². The molecule has 4 rings (SSSR count). The first-order valence-corrected chi connectivity index (χ1v) is 9.05. The quantitative estimate of drug-likeness (QED) is 0.552. The average Bonchev–Trinajstić information content (AvgIpc) is 3.26. The van der Waals surface area contributed by atoms with E-state index in [1.165, 1.54) is 0 Å². The predicted molar refractivity (Wildman–Crippen MR) is 105 cm³/mol. The fraction of sp³-hybridized carbons (Fsp3) is 0.190. The zero-order valence-electron chi connectivity index (χ0n) is 15.7. The van der Waals surface area contributed by atoms with E-state index in [0.29, 0.717) is 24.6 Å². The highest BCUT2D eigenvalue weighted by Crippen LogP contribution is 2.22. The molecule has 0 saturated carbocycles. The van der Waals surface area contributed by atoms with Gasteiger partial charge in [-0.2, -0.15) is 4.52 Å². The molecule has 142 valence electrons. The largest absolute Gasteiger partial charge is 0.494 e. The van der Waals surface area contributed by atoms with Crippen molar-refractivity contribution in [3.05, 3.63) is 66.1 Å². The van der Waals surface area contributed by atoms with Crippen LogP contribution in [-0.2, 0) is 11.2 Å². The molecule has 0 aliphatic rings. The lowest BCUT2D eigenvalue weighted by Crippen LogP contribution is -2.14. The minimum atomic E-state index is -0.0796. The summed E-state index contributed by atoms with van der Waals surface area (Å²) in [6, 6.07) is 14.9. The van der Waals surface area contributed by atoms with Crippen LogP contribution >= 0.6 is 0 Å². The molecule has 0 radical (unpaired) electrons. The number of imidazole rings is 1. The molecule has 2 aromatic heterocycles. The number of benzene rings is 2. The molecule has 2 heterocycles. The Labute approximate surface area is 162 Å². The Morgan fingerprint density at radius 1 is 1.14 bits per heavy atom. The Balaban J connectivity index is 1.40. The van der Waals surface area contributed by atoms with E-state index in [4.69, 9.17) is 9.15 Å². The minimum absolute atomic E-state index is 0.0796. The molecule has 0 aliphatic carbocycles. The minimum Gasteiger partial charge on any atom is -0.494 e. The zero-order valence-corrected chi connectivity index (χ0v) is 15.7. The van der Waals surface area contributed by atoms with Crippen LogP contribution in [0.4, 0.5) is 5.69 Å². The highest BCUT2D eigenvalue weighted by Gasteiger charge is 2.11. The van der Waals surface area contributed by atoms with Crippen LogP contribution in [0.5, 0.6) is 5.75 Å². The van der Waals surface area contributed by atoms with Gasteiger partial charge in [0.2, 0.25) is 17.5 Å². The number of fused-ring (bicyclic) bond motifs is 1. The van der Waals surface area contributed by atoms with E-state index in [0.717, 1.165) is 28.4 Å². The van der Waals surface area contributed by atoms with Crippen LogP contribution < -0.4 is 10.1 Å². The summed E-state index contributed by atoms with van der Waals surface area (Å²) >= 11 is 0. The van der Waals surface area contributed by atoms with Gasteiger partial charge in [0.25, 0.3) is 0 Å². The third-order valence-corrected chi connectivity index (χ3v) is 4.28. The van der Waals surface area contributed by atoms with Crippen molar-refractivity contribution in [2.24, 2.45) is 0 Å². The maximum atomic E-state index is 12.3. The molecule has 0 atom stereocenters. The lowest BCUT2D eigenvalue weighted by Gasteiger charge is -2.07. The molecule has 28 heavy (non-hydrogen) atoms. The van der Waals surface area contributed by atoms with E-state index in [1.54, 1.807) is 10.7 Å². The fourth-order valence-electron chi connectivity index (χ4n) is 2.89. The number of hydrogen-bond acceptors (Lipinski definition) is 5. The number of carbonyl (C=O) groups is 1. The Kier molecular flexibility index (Phi) is 4.80. The fourth-order valence-corrected chi connectivity index (χ4v) is 2.89. The van der Waals surface area contributed by atoms with Crippen LogP contribution in [0.3, 0.4) is 0 Å². The summed E-state index contributed by atoms with van der Waals surface area (Å²) in [5, 5.41) is 7.30. The first-order valence-electron chi connectivity index (χ1n) is 9.05. The summed E-state index contributed by atoms with van der Waals surface area (Å²) in [5.74, 6) is 2.00. The normalized spacial score (nSPS) is 10.9. The number of aromatic nitrogens is 3. The number of nitrogens with one attached hydrogen (secondary N) is 1. The van der Waals surface area contributed by atoms with Crippen molar-refractivity contribution in [3.63, 3.8) is 0 Å². The van der Waals surface area contributed by atoms with Crippen LogP contribution in [0.2, 0.25) is 0 Å². The maximum absolute atomic E-state index is 12.3. The second-order valence-electron chi connectivity index (χ2n) is 6.34. The Morgan fingerprint density at radius 3 is 2.57 bits per heavy atom. The average molecular weight is 376 g/mol. The number of ether oxygens (including phenoxy) is 1. The lowest BCUT2D eigenvalue weighted by molar-refractivity contribution is -0.115. The van der Waals surface area contributed by atoms with Crippen LogP contribution in [0.15, 0.2) is 59.1 Å². The molecular formula is C21H20N4O3. The van der Waals surface area contributed by atoms with Crippen molar-refractivity contribution in [2.75, 3.05) is 11.9 Å². The standard InChI is InChI=1S/C21H20N4O3/c1-3-27-18-10-4-15(5-11-18)12-19(26)23-17-8-6-16(7-9-17)21-24-25-14(2)22-13-20(25)28-21/h4-11,13H,3,12H2,1-2H3,(H,23,26). The monoisotopic (exact) mass is 376 g/mol. The van der Waals surface area contributed by atoms with Crippen LogP contribution in [0.1, 0.15) is 18.3 Å². The zero-order chi connectivity index (χ0) is 19.5. The third-order valence-electron chi connectivity index (χ3n) is 4.28. The van der Waals surface area contributed by atoms with E-state index in [9.17, 15) is 4.79 Å². The van der Waals surface area contributed by atoms with E-state index in [2.05, 4.69) is 15.4 Å². The molecule has 0 saturated heterocycles. The highest BCUT2D eigenvalue weighted by atomic mass is 16.5. The summed E-state index contributed by atoms with van der Waals surface area (Å²) in [5.41, 5.74) is 3.07. The third kappa shape index (κ3) is 3.73. The summed E-state index contributed by atoms with van der Waals surface area (Å²) < 4.78 is 12.8. The maximum Gasteiger partial charge on any atom is 0.246 e. The second kappa shape index (κ2) is 7.56. The van der Waals surface area contributed by atoms with Crippen molar-refractivity contribution >= 4 is 17.3 Å². The van der Waals surface area contributed by atoms with E-state index in [-0.39, 0.29) is 5.91 Å². The number of rotatable bonds is 6. The molecule has 1 N–H and O–H groups in total. The lowest BCUT2D eigenvalue weighted by atomic mass is 10.1. The Morgan fingerprint density at radius 2 is 1.89 bits per heavy atom. The molecule has 0 unspecified atom stereocenters. The molecule has 7 nitrogen and oxygen atoms in total. The van der Waals surface area contributed by atoms with E-state index in [1.807, 2.05) is 62.4 Å². The Hall–Kier alpha value is -3.61. The molecule has 1 amide bonds. The SMILES string of the molecule is CCOc1ccc(CC(=O)Nc2ccc(-c3nn4c(C)ncc4o3)cc2)cc1. The van der Waals surface area contributed by atoms with Gasteiger partial charge in [-0.05, 0) is 55.8 Å². The molecule has 4 aromatic rings. The number of nitrogens with zero attached hydrogens (tertiary/aromatic N) is 3. The van der Waals surface area contributed by atoms with Crippen LogP contribution in [-0.4, -0.2) is 27.1 Å². The predicted octanol–water partition coefficient (Wildman–Crippen LogP) is 3.88. The number of hydrogen-bond donors (Lipinski definition) is 1. The van der Waals surface area contributed by atoms with Crippen molar-refractivity contribution in [1.82, 2.24) is 14.6 Å².